The topological polar surface area (TPSA) is 92.0 Å². The van der Waals surface area contributed by atoms with Gasteiger partial charge in [-0.15, -0.1) is 0 Å². The monoisotopic (exact) mass is 209 g/mol. The van der Waals surface area contributed by atoms with Crippen molar-refractivity contribution in [1.82, 2.24) is 9.97 Å². The minimum absolute atomic E-state index is 0.132. The smallest absolute Gasteiger partial charge is 0.317 e. The molecular formula is C10H15N3O2. The summed E-state index contributed by atoms with van der Waals surface area (Å²) in [6.45, 7) is 0. The van der Waals surface area contributed by atoms with Gasteiger partial charge in [0, 0.05) is 18.4 Å². The van der Waals surface area contributed by atoms with Gasteiger partial charge in [-0.3, -0.25) is 4.79 Å². The second kappa shape index (κ2) is 3.66. The van der Waals surface area contributed by atoms with E-state index < -0.39 is 11.4 Å². The van der Waals surface area contributed by atoms with Crippen molar-refractivity contribution >= 4 is 5.97 Å². The number of hydrogen-bond donors (Lipinski definition) is 3. The van der Waals surface area contributed by atoms with Crippen molar-refractivity contribution in [3.8, 4) is 0 Å². The largest absolute Gasteiger partial charge is 0.480 e. The number of H-pyrrole nitrogens is 1. The Kier molecular flexibility index (Phi) is 2.48. The van der Waals surface area contributed by atoms with E-state index in [2.05, 4.69) is 9.97 Å². The van der Waals surface area contributed by atoms with Gasteiger partial charge in [0.25, 0.3) is 0 Å². The first-order valence-corrected chi connectivity index (χ1v) is 5.14. The van der Waals surface area contributed by atoms with Crippen molar-refractivity contribution in [2.75, 3.05) is 0 Å². The highest BCUT2D eigenvalue weighted by molar-refractivity contribution is 5.80. The summed E-state index contributed by atoms with van der Waals surface area (Å²) < 4.78 is 0. The van der Waals surface area contributed by atoms with Crippen LogP contribution in [0, 0.1) is 0 Å². The molecule has 0 aromatic carbocycles. The summed E-state index contributed by atoms with van der Waals surface area (Å²) in [4.78, 5) is 18.4. The molecule has 4 N–H and O–H groups in total. The highest BCUT2D eigenvalue weighted by Gasteiger charge is 2.44. The predicted octanol–water partition coefficient (Wildman–Crippen LogP) is 0.633. The van der Waals surface area contributed by atoms with Gasteiger partial charge < -0.3 is 15.8 Å². The Labute approximate surface area is 87.7 Å². The third-order valence-corrected chi connectivity index (χ3v) is 3.24. The molecule has 15 heavy (non-hydrogen) atoms. The summed E-state index contributed by atoms with van der Waals surface area (Å²) in [7, 11) is 0. The van der Waals surface area contributed by atoms with E-state index in [1.54, 1.807) is 12.4 Å². The highest BCUT2D eigenvalue weighted by atomic mass is 16.4. The normalized spacial score (nSPS) is 31.4. The van der Waals surface area contributed by atoms with Gasteiger partial charge in [-0.2, -0.15) is 0 Å². The van der Waals surface area contributed by atoms with Crippen LogP contribution in [0.4, 0.5) is 0 Å². The van der Waals surface area contributed by atoms with E-state index in [1.165, 1.54) is 0 Å². The third kappa shape index (κ3) is 1.63. The van der Waals surface area contributed by atoms with Crippen LogP contribution in [0.5, 0.6) is 0 Å². The summed E-state index contributed by atoms with van der Waals surface area (Å²) in [5, 5.41) is 9.35. The maximum Gasteiger partial charge on any atom is 0.317 e. The van der Waals surface area contributed by atoms with Crippen molar-refractivity contribution in [3.63, 3.8) is 0 Å². The number of carbonyl (C=O) groups is 1. The number of nitrogens with two attached hydrogens (primary N) is 1. The van der Waals surface area contributed by atoms with Gasteiger partial charge in [-0.1, -0.05) is 0 Å². The molecule has 1 aliphatic carbocycles. The number of carboxylic acids is 1. The van der Waals surface area contributed by atoms with Gasteiger partial charge >= 0.3 is 5.97 Å². The number of imidazole rings is 1. The average Bonchev–Trinajstić information content (AvgIpc) is 2.72. The lowest BCUT2D eigenvalue weighted by molar-refractivity contribution is -0.145. The summed E-state index contributed by atoms with van der Waals surface area (Å²) in [6.07, 6.45) is 5.87. The molecule has 82 valence electrons. The summed E-state index contributed by atoms with van der Waals surface area (Å²) in [6, 6.07) is 0.132. The summed E-state index contributed by atoms with van der Waals surface area (Å²) in [5.41, 5.74) is 4.94. The van der Waals surface area contributed by atoms with Gasteiger partial charge in [-0.05, 0) is 25.7 Å². The van der Waals surface area contributed by atoms with E-state index in [-0.39, 0.29) is 6.04 Å². The molecule has 1 aromatic rings. The molecule has 1 fully saturated rings. The van der Waals surface area contributed by atoms with Crippen molar-refractivity contribution < 1.29 is 9.90 Å². The van der Waals surface area contributed by atoms with Crippen LogP contribution in [-0.4, -0.2) is 27.1 Å². The van der Waals surface area contributed by atoms with E-state index in [0.29, 0.717) is 18.7 Å². The van der Waals surface area contributed by atoms with Gasteiger partial charge in [0.2, 0.25) is 0 Å². The molecule has 0 saturated heterocycles. The van der Waals surface area contributed by atoms with Crippen LogP contribution in [0.15, 0.2) is 12.4 Å². The Morgan fingerprint density at radius 2 is 2.27 bits per heavy atom. The number of hydrogen-bond acceptors (Lipinski definition) is 3. The molecule has 1 heterocycles. The highest BCUT2D eigenvalue weighted by Crippen LogP contribution is 2.37. The van der Waals surface area contributed by atoms with Crippen LogP contribution in [0.3, 0.4) is 0 Å². The van der Waals surface area contributed by atoms with Crippen LogP contribution in [0.1, 0.15) is 31.5 Å². The second-order valence-corrected chi connectivity index (χ2v) is 4.16. The van der Waals surface area contributed by atoms with Crippen molar-refractivity contribution in [1.29, 1.82) is 0 Å². The van der Waals surface area contributed by atoms with Crippen LogP contribution >= 0.6 is 0 Å². The number of aliphatic carboxylic acids is 1. The summed E-state index contributed by atoms with van der Waals surface area (Å²) >= 11 is 0. The van der Waals surface area contributed by atoms with Gasteiger partial charge in [0.1, 0.15) is 11.2 Å². The average molecular weight is 209 g/mol. The maximum atomic E-state index is 11.4. The number of carboxylic acid groups (broad SMARTS) is 1. The number of nitrogens with zero attached hydrogens (tertiary/aromatic N) is 1. The molecule has 0 unspecified atom stereocenters. The Hall–Kier alpha value is -1.36. The minimum Gasteiger partial charge on any atom is -0.480 e. The zero-order valence-corrected chi connectivity index (χ0v) is 8.44. The van der Waals surface area contributed by atoms with Crippen LogP contribution in [0.25, 0.3) is 0 Å². The van der Waals surface area contributed by atoms with Crippen molar-refractivity contribution in [3.05, 3.63) is 18.2 Å². The zero-order chi connectivity index (χ0) is 10.9. The molecule has 5 nitrogen and oxygen atoms in total. The number of nitrogens with one attached hydrogen (secondary N) is 1. The maximum absolute atomic E-state index is 11.4. The van der Waals surface area contributed by atoms with Crippen LogP contribution in [0.2, 0.25) is 0 Å². The molecule has 1 aliphatic rings. The van der Waals surface area contributed by atoms with Crippen LogP contribution in [-0.2, 0) is 10.2 Å². The zero-order valence-electron chi connectivity index (χ0n) is 8.44. The fourth-order valence-electron chi connectivity index (χ4n) is 2.21. The Morgan fingerprint density at radius 1 is 1.60 bits per heavy atom. The fraction of sp³-hybridized carbons (Fsp3) is 0.600. The van der Waals surface area contributed by atoms with E-state index in [9.17, 15) is 9.90 Å². The molecule has 0 bridgehead atoms. The second-order valence-electron chi connectivity index (χ2n) is 4.16. The molecule has 0 atom stereocenters. The standard InChI is InChI=1S/C10H15N3O2/c11-7-1-3-10(4-2-7,9(14)15)8-12-5-6-13-8/h5-7H,1-4,11H2,(H,12,13)(H,14,15). The van der Waals surface area contributed by atoms with Crippen molar-refractivity contribution in [2.24, 2.45) is 5.73 Å². The first kappa shape index (κ1) is 10.2. The summed E-state index contributed by atoms with van der Waals surface area (Å²) in [5.74, 6) is -0.244. The molecule has 2 rings (SSSR count). The first-order chi connectivity index (χ1) is 7.15. The van der Waals surface area contributed by atoms with Gasteiger partial charge in [0.05, 0.1) is 0 Å². The molecule has 1 aromatic heterocycles. The molecular weight excluding hydrogens is 194 g/mol. The third-order valence-electron chi connectivity index (χ3n) is 3.24. The molecule has 0 amide bonds. The SMILES string of the molecule is NC1CCC(C(=O)O)(c2ncc[nH]2)CC1. The van der Waals surface area contributed by atoms with Crippen molar-refractivity contribution in [2.45, 2.75) is 37.1 Å². The quantitative estimate of drug-likeness (QED) is 0.666. The number of aromatic amines is 1. The number of rotatable bonds is 2. The Morgan fingerprint density at radius 3 is 2.73 bits per heavy atom. The van der Waals surface area contributed by atoms with Crippen LogP contribution < -0.4 is 5.73 Å². The lowest BCUT2D eigenvalue weighted by Crippen LogP contribution is -2.43. The Bertz CT molecular complexity index is 340. The van der Waals surface area contributed by atoms with E-state index in [4.69, 9.17) is 5.73 Å². The molecule has 0 aliphatic heterocycles. The molecule has 0 spiro atoms. The van der Waals surface area contributed by atoms with E-state index in [1.807, 2.05) is 0 Å². The van der Waals surface area contributed by atoms with Gasteiger partial charge in [-0.25, -0.2) is 4.98 Å². The lowest BCUT2D eigenvalue weighted by atomic mass is 9.72. The lowest BCUT2D eigenvalue weighted by Gasteiger charge is -2.33. The fourth-order valence-corrected chi connectivity index (χ4v) is 2.21. The molecule has 5 heteroatoms. The van der Waals surface area contributed by atoms with Gasteiger partial charge in [0.15, 0.2) is 0 Å². The first-order valence-electron chi connectivity index (χ1n) is 5.14. The predicted molar refractivity (Wildman–Crippen MR) is 54.3 cm³/mol. The molecule has 0 radical (unpaired) electrons. The van der Waals surface area contributed by atoms with E-state index in [0.717, 1.165) is 12.8 Å². The molecule has 1 saturated carbocycles. The van der Waals surface area contributed by atoms with E-state index >= 15 is 0 Å². The number of aromatic nitrogens is 2. The Balaban J connectivity index is 2.30. The minimum atomic E-state index is -0.848.